The molecule has 0 aliphatic carbocycles. The van der Waals surface area contributed by atoms with E-state index in [4.69, 9.17) is 9.47 Å². The first-order valence-electron chi connectivity index (χ1n) is 11.1. The molecule has 1 heterocycles. The molecule has 180 valence electrons. The number of hydrogen-bond acceptors (Lipinski definition) is 6. The van der Waals surface area contributed by atoms with Crippen LogP contribution in [0.25, 0.3) is 5.69 Å². The lowest BCUT2D eigenvalue weighted by molar-refractivity contribution is -0.113. The normalized spacial score (nSPS) is 11.6. The lowest BCUT2D eigenvalue weighted by atomic mass is 10.3. The fourth-order valence-corrected chi connectivity index (χ4v) is 4.17. The molecule has 7 nitrogen and oxygen atoms in total. The zero-order valence-corrected chi connectivity index (χ0v) is 20.2. The van der Waals surface area contributed by atoms with Gasteiger partial charge in [0.15, 0.2) is 28.7 Å². The topological polar surface area (TPSA) is 78.3 Å². The van der Waals surface area contributed by atoms with Gasteiger partial charge in [-0.1, -0.05) is 54.2 Å². The van der Waals surface area contributed by atoms with Gasteiger partial charge in [0.2, 0.25) is 5.91 Å². The van der Waals surface area contributed by atoms with Crippen molar-refractivity contribution in [3.05, 3.63) is 90.5 Å². The molecule has 1 atom stereocenters. The van der Waals surface area contributed by atoms with E-state index in [0.717, 1.165) is 5.69 Å². The summed E-state index contributed by atoms with van der Waals surface area (Å²) in [5.74, 6) is 0.676. The van der Waals surface area contributed by atoms with Crippen LogP contribution in [0.2, 0.25) is 0 Å². The van der Waals surface area contributed by atoms with Crippen molar-refractivity contribution < 1.29 is 18.7 Å². The summed E-state index contributed by atoms with van der Waals surface area (Å²) >= 11 is 1.24. The van der Waals surface area contributed by atoms with Crippen LogP contribution in [0, 0.1) is 5.82 Å². The Balaban J connectivity index is 1.54. The summed E-state index contributed by atoms with van der Waals surface area (Å²) in [4.78, 5) is 12.7. The largest absolute Gasteiger partial charge is 0.492 e. The van der Waals surface area contributed by atoms with Crippen LogP contribution in [0.4, 0.5) is 10.1 Å². The summed E-state index contributed by atoms with van der Waals surface area (Å²) < 4.78 is 27.4. The molecular weight excluding hydrogens is 467 g/mol. The van der Waals surface area contributed by atoms with Crippen LogP contribution in [0.5, 0.6) is 11.5 Å². The van der Waals surface area contributed by atoms with Crippen LogP contribution < -0.4 is 14.8 Å². The number of ether oxygens (including phenoxy) is 2. The average molecular weight is 493 g/mol. The van der Waals surface area contributed by atoms with Gasteiger partial charge in [0.05, 0.1) is 18.0 Å². The van der Waals surface area contributed by atoms with E-state index in [-0.39, 0.29) is 17.4 Å². The first-order valence-corrected chi connectivity index (χ1v) is 12.1. The van der Waals surface area contributed by atoms with E-state index in [1.165, 1.54) is 17.8 Å². The standard InChI is InChI=1S/C26H25FN4O3S/c1-3-33-23-16-10-8-14-21(23)28-24(32)17-35-26-30-29-25(31(26)19-11-5-4-6-12-19)18(2)34-22-15-9-7-13-20(22)27/h4-16,18H,3,17H2,1-2H3,(H,28,32). The van der Waals surface area contributed by atoms with E-state index in [2.05, 4.69) is 15.5 Å². The van der Waals surface area contributed by atoms with Crippen molar-refractivity contribution in [1.82, 2.24) is 14.8 Å². The minimum atomic E-state index is -0.596. The second-order valence-electron chi connectivity index (χ2n) is 7.47. The highest BCUT2D eigenvalue weighted by Gasteiger charge is 2.22. The zero-order chi connectivity index (χ0) is 24.6. The summed E-state index contributed by atoms with van der Waals surface area (Å²) in [7, 11) is 0. The molecule has 1 N–H and O–H groups in total. The highest BCUT2D eigenvalue weighted by Crippen LogP contribution is 2.29. The molecule has 4 aromatic rings. The van der Waals surface area contributed by atoms with Crippen LogP contribution in [-0.2, 0) is 4.79 Å². The minimum absolute atomic E-state index is 0.105. The summed E-state index contributed by atoms with van der Waals surface area (Å²) in [6, 6.07) is 23.0. The molecule has 3 aromatic carbocycles. The number of para-hydroxylation sites is 4. The molecule has 0 bridgehead atoms. The van der Waals surface area contributed by atoms with E-state index < -0.39 is 11.9 Å². The maximum Gasteiger partial charge on any atom is 0.234 e. The molecule has 0 fully saturated rings. The number of aromatic nitrogens is 3. The van der Waals surface area contributed by atoms with Crippen LogP contribution >= 0.6 is 11.8 Å². The minimum Gasteiger partial charge on any atom is -0.492 e. The molecule has 0 radical (unpaired) electrons. The maximum absolute atomic E-state index is 14.1. The number of halogens is 1. The smallest absolute Gasteiger partial charge is 0.234 e. The Hall–Kier alpha value is -3.85. The second-order valence-corrected chi connectivity index (χ2v) is 8.41. The molecule has 4 rings (SSSR count). The molecule has 0 saturated heterocycles. The number of nitrogens with zero attached hydrogens (tertiary/aromatic N) is 3. The SMILES string of the molecule is CCOc1ccccc1NC(=O)CSc1nnc(C(C)Oc2ccccc2F)n1-c1ccccc1. The molecule has 0 aliphatic rings. The van der Waals surface area contributed by atoms with Crippen molar-refractivity contribution >= 4 is 23.4 Å². The second kappa shape index (κ2) is 11.5. The predicted octanol–water partition coefficient (Wildman–Crippen LogP) is 5.68. The number of nitrogens with one attached hydrogen (secondary N) is 1. The average Bonchev–Trinajstić information content (AvgIpc) is 3.30. The third kappa shape index (κ3) is 5.99. The summed E-state index contributed by atoms with van der Waals surface area (Å²) in [6.07, 6.45) is -0.596. The molecular formula is C26H25FN4O3S. The Kier molecular flexibility index (Phi) is 7.99. The van der Waals surface area contributed by atoms with Crippen LogP contribution in [0.15, 0.2) is 84.0 Å². The third-order valence-corrected chi connectivity index (χ3v) is 5.90. The number of thioether (sulfide) groups is 1. The molecule has 1 amide bonds. The molecule has 0 spiro atoms. The molecule has 35 heavy (non-hydrogen) atoms. The van der Waals surface area contributed by atoms with Crippen molar-refractivity contribution in [2.24, 2.45) is 0 Å². The van der Waals surface area contributed by atoms with E-state index in [1.807, 2.05) is 60.0 Å². The Labute approximate surface area is 207 Å². The first kappa shape index (κ1) is 24.3. The van der Waals surface area contributed by atoms with E-state index >= 15 is 0 Å². The summed E-state index contributed by atoms with van der Waals surface area (Å²) in [6.45, 7) is 4.17. The van der Waals surface area contributed by atoms with Gasteiger partial charge in [0, 0.05) is 5.69 Å². The van der Waals surface area contributed by atoms with Crippen molar-refractivity contribution in [1.29, 1.82) is 0 Å². The van der Waals surface area contributed by atoms with Crippen molar-refractivity contribution in [3.63, 3.8) is 0 Å². The van der Waals surface area contributed by atoms with Crippen LogP contribution in [0.3, 0.4) is 0 Å². The summed E-state index contributed by atoms with van der Waals surface area (Å²) in [5, 5.41) is 12.0. The lowest BCUT2D eigenvalue weighted by Gasteiger charge is -2.17. The number of amides is 1. The van der Waals surface area contributed by atoms with Crippen molar-refractivity contribution in [2.45, 2.75) is 25.1 Å². The van der Waals surface area contributed by atoms with Gasteiger partial charge in [-0.15, -0.1) is 10.2 Å². The van der Waals surface area contributed by atoms with Gasteiger partial charge in [-0.3, -0.25) is 9.36 Å². The lowest BCUT2D eigenvalue weighted by Crippen LogP contribution is -2.16. The number of anilines is 1. The van der Waals surface area contributed by atoms with Gasteiger partial charge < -0.3 is 14.8 Å². The number of benzene rings is 3. The van der Waals surface area contributed by atoms with Crippen LogP contribution in [-0.4, -0.2) is 33.0 Å². The van der Waals surface area contributed by atoms with Gasteiger partial charge in [0.1, 0.15) is 5.75 Å². The highest BCUT2D eigenvalue weighted by molar-refractivity contribution is 7.99. The van der Waals surface area contributed by atoms with Gasteiger partial charge in [-0.2, -0.15) is 0 Å². The van der Waals surface area contributed by atoms with Crippen molar-refractivity contribution in [3.8, 4) is 17.2 Å². The number of carbonyl (C=O) groups excluding carboxylic acids is 1. The van der Waals surface area contributed by atoms with E-state index in [9.17, 15) is 9.18 Å². The molecule has 0 aliphatic heterocycles. The first-order chi connectivity index (χ1) is 17.1. The Bertz CT molecular complexity index is 1280. The third-order valence-electron chi connectivity index (χ3n) is 4.97. The van der Waals surface area contributed by atoms with Gasteiger partial charge in [0.25, 0.3) is 0 Å². The Morgan fingerprint density at radius 2 is 1.69 bits per heavy atom. The van der Waals surface area contributed by atoms with Crippen molar-refractivity contribution in [2.75, 3.05) is 17.7 Å². The maximum atomic E-state index is 14.1. The number of rotatable bonds is 10. The Morgan fingerprint density at radius 3 is 2.43 bits per heavy atom. The number of hydrogen-bond donors (Lipinski definition) is 1. The zero-order valence-electron chi connectivity index (χ0n) is 19.3. The van der Waals surface area contributed by atoms with Crippen LogP contribution in [0.1, 0.15) is 25.8 Å². The molecule has 1 unspecified atom stereocenters. The molecule has 9 heteroatoms. The molecule has 0 saturated carbocycles. The Morgan fingerprint density at radius 1 is 1.00 bits per heavy atom. The monoisotopic (exact) mass is 492 g/mol. The highest BCUT2D eigenvalue weighted by atomic mass is 32.2. The summed E-state index contributed by atoms with van der Waals surface area (Å²) in [5.41, 5.74) is 1.41. The fourth-order valence-electron chi connectivity index (χ4n) is 3.41. The van der Waals surface area contributed by atoms with Gasteiger partial charge >= 0.3 is 0 Å². The predicted molar refractivity (Wildman–Crippen MR) is 134 cm³/mol. The molecule has 1 aromatic heterocycles. The number of carbonyl (C=O) groups is 1. The van der Waals surface area contributed by atoms with E-state index in [1.54, 1.807) is 31.2 Å². The van der Waals surface area contributed by atoms with Gasteiger partial charge in [-0.25, -0.2) is 4.39 Å². The fraction of sp³-hybridized carbons (Fsp3) is 0.192. The van der Waals surface area contributed by atoms with Gasteiger partial charge in [-0.05, 0) is 50.2 Å². The van der Waals surface area contributed by atoms with E-state index in [0.29, 0.717) is 29.0 Å². The quantitative estimate of drug-likeness (QED) is 0.287.